The molecule has 1 amide bonds. The van der Waals surface area contributed by atoms with E-state index >= 15 is 0 Å². The lowest BCUT2D eigenvalue weighted by molar-refractivity contribution is -0.123. The van der Waals surface area contributed by atoms with Gasteiger partial charge in [-0.2, -0.15) is 8.78 Å². The minimum absolute atomic E-state index is 0. The summed E-state index contributed by atoms with van der Waals surface area (Å²) in [5, 5.41) is 5.41. The summed E-state index contributed by atoms with van der Waals surface area (Å²) < 4.78 is 55.9. The van der Waals surface area contributed by atoms with E-state index in [4.69, 9.17) is 0 Å². The Labute approximate surface area is 164 Å². The molecule has 2 atom stereocenters. The maximum absolute atomic E-state index is 14.1. The van der Waals surface area contributed by atoms with Gasteiger partial charge in [0.15, 0.2) is 0 Å². The second-order valence-electron chi connectivity index (χ2n) is 6.07. The molecule has 0 radical (unpaired) electrons. The van der Waals surface area contributed by atoms with Gasteiger partial charge in [0.2, 0.25) is 5.91 Å². The van der Waals surface area contributed by atoms with Crippen molar-refractivity contribution in [3.63, 3.8) is 0 Å². The van der Waals surface area contributed by atoms with Crippen molar-refractivity contribution in [1.82, 2.24) is 15.6 Å². The number of nitrogens with one attached hydrogen (secondary N) is 2. The molecule has 152 valence electrons. The zero-order chi connectivity index (χ0) is 19.4. The molecule has 2 aromatic rings. The minimum atomic E-state index is -2.94. The van der Waals surface area contributed by atoms with Crippen LogP contribution >= 0.6 is 12.4 Å². The highest BCUT2D eigenvalue weighted by Gasteiger charge is 2.28. The Hall–Kier alpha value is -2.39. The highest BCUT2D eigenvalue weighted by atomic mass is 35.5. The predicted molar refractivity (Wildman–Crippen MR) is 96.7 cm³/mol. The van der Waals surface area contributed by atoms with E-state index in [1.54, 1.807) is 0 Å². The van der Waals surface area contributed by atoms with Gasteiger partial charge in [-0.25, -0.2) is 8.78 Å². The lowest BCUT2D eigenvalue weighted by Crippen LogP contribution is -2.40. The molecule has 2 heterocycles. The first-order chi connectivity index (χ1) is 12.9. The lowest BCUT2D eigenvalue weighted by atomic mass is 10.1. The van der Waals surface area contributed by atoms with Crippen molar-refractivity contribution in [3.05, 3.63) is 48.0 Å². The van der Waals surface area contributed by atoms with Gasteiger partial charge >= 0.3 is 6.61 Å². The topological polar surface area (TPSA) is 63.2 Å². The first-order valence-electron chi connectivity index (χ1n) is 8.27. The van der Waals surface area contributed by atoms with Crippen molar-refractivity contribution in [2.75, 3.05) is 6.54 Å². The van der Waals surface area contributed by atoms with Crippen LogP contribution in [0.3, 0.4) is 0 Å². The van der Waals surface area contributed by atoms with Crippen LogP contribution in [-0.2, 0) is 11.3 Å². The fourth-order valence-corrected chi connectivity index (χ4v) is 2.81. The first kappa shape index (κ1) is 21.9. The molecule has 1 aliphatic rings. The number of aromatic nitrogens is 1. The molecule has 2 N–H and O–H groups in total. The number of rotatable bonds is 6. The third kappa shape index (κ3) is 5.56. The van der Waals surface area contributed by atoms with Gasteiger partial charge in [-0.05, 0) is 23.8 Å². The zero-order valence-corrected chi connectivity index (χ0v) is 15.3. The Morgan fingerprint density at radius 1 is 1.32 bits per heavy atom. The van der Waals surface area contributed by atoms with Gasteiger partial charge in [0.05, 0.1) is 24.5 Å². The molecule has 10 heteroatoms. The van der Waals surface area contributed by atoms with Crippen molar-refractivity contribution in [1.29, 1.82) is 0 Å². The Morgan fingerprint density at radius 3 is 2.64 bits per heavy atom. The number of ether oxygens (including phenoxy) is 1. The number of benzene rings is 1. The third-order valence-electron chi connectivity index (χ3n) is 4.14. The fourth-order valence-electron chi connectivity index (χ4n) is 2.81. The normalized spacial score (nSPS) is 18.6. The molecule has 1 aliphatic heterocycles. The molecular formula is C18H18ClF4N3O2. The highest BCUT2D eigenvalue weighted by Crippen LogP contribution is 2.26. The van der Waals surface area contributed by atoms with Crippen LogP contribution in [0.4, 0.5) is 17.6 Å². The van der Waals surface area contributed by atoms with E-state index in [9.17, 15) is 22.4 Å². The maximum Gasteiger partial charge on any atom is 0.387 e. The van der Waals surface area contributed by atoms with Gasteiger partial charge in [0, 0.05) is 18.5 Å². The summed E-state index contributed by atoms with van der Waals surface area (Å²) in [6, 6.07) is 6.37. The van der Waals surface area contributed by atoms with Gasteiger partial charge in [0.1, 0.15) is 17.7 Å². The number of halogens is 5. The van der Waals surface area contributed by atoms with E-state index in [-0.39, 0.29) is 49.1 Å². The van der Waals surface area contributed by atoms with E-state index in [0.29, 0.717) is 11.3 Å². The molecule has 1 fully saturated rings. The van der Waals surface area contributed by atoms with Crippen LogP contribution in [-0.4, -0.2) is 36.3 Å². The van der Waals surface area contributed by atoms with Crippen molar-refractivity contribution >= 4 is 18.3 Å². The van der Waals surface area contributed by atoms with Gasteiger partial charge < -0.3 is 15.4 Å². The minimum Gasteiger partial charge on any atom is -0.435 e. The summed E-state index contributed by atoms with van der Waals surface area (Å²) in [4.78, 5) is 15.9. The molecule has 0 unspecified atom stereocenters. The van der Waals surface area contributed by atoms with Crippen molar-refractivity contribution in [2.45, 2.75) is 31.8 Å². The standard InChI is InChI=1S/C18H17F4N3O2.ClH/c19-11-5-16(24-7-11)17(26)25-8-12-6-14(15(20)9-23-12)10-1-3-13(4-2-10)27-18(21)22;/h1-4,6,9,11,16,18,24H,5,7-8H2,(H,25,26);1H/t11-,16+;/m1./s1. The van der Waals surface area contributed by atoms with E-state index in [1.165, 1.54) is 30.3 Å². The summed E-state index contributed by atoms with van der Waals surface area (Å²) in [6.07, 6.45) is 0.0839. The first-order valence-corrected chi connectivity index (χ1v) is 8.27. The molecule has 28 heavy (non-hydrogen) atoms. The summed E-state index contributed by atoms with van der Waals surface area (Å²) >= 11 is 0. The van der Waals surface area contributed by atoms with E-state index in [0.717, 1.165) is 6.20 Å². The van der Waals surface area contributed by atoms with Crippen LogP contribution in [0.1, 0.15) is 12.1 Å². The van der Waals surface area contributed by atoms with Crippen LogP contribution in [0.5, 0.6) is 5.75 Å². The Balaban J connectivity index is 0.00000280. The molecule has 1 aromatic carbocycles. The third-order valence-corrected chi connectivity index (χ3v) is 4.14. The van der Waals surface area contributed by atoms with Gasteiger partial charge in [-0.1, -0.05) is 12.1 Å². The zero-order valence-electron chi connectivity index (χ0n) is 14.5. The van der Waals surface area contributed by atoms with Crippen LogP contribution in [0, 0.1) is 5.82 Å². The predicted octanol–water partition coefficient (Wildman–Crippen LogP) is 3.23. The van der Waals surface area contributed by atoms with Crippen LogP contribution < -0.4 is 15.4 Å². The van der Waals surface area contributed by atoms with Crippen molar-refractivity contribution in [2.24, 2.45) is 0 Å². The van der Waals surface area contributed by atoms with Crippen molar-refractivity contribution in [3.8, 4) is 16.9 Å². The second-order valence-corrected chi connectivity index (χ2v) is 6.07. The van der Waals surface area contributed by atoms with Gasteiger partial charge in [-0.3, -0.25) is 9.78 Å². The average molecular weight is 420 g/mol. The van der Waals surface area contributed by atoms with Crippen LogP contribution in [0.2, 0.25) is 0 Å². The Morgan fingerprint density at radius 2 is 2.04 bits per heavy atom. The number of alkyl halides is 3. The summed E-state index contributed by atoms with van der Waals surface area (Å²) in [5.41, 5.74) is 1.06. The lowest BCUT2D eigenvalue weighted by Gasteiger charge is -2.12. The van der Waals surface area contributed by atoms with E-state index < -0.39 is 24.6 Å². The molecule has 0 bridgehead atoms. The van der Waals surface area contributed by atoms with Crippen LogP contribution in [0.25, 0.3) is 11.1 Å². The molecule has 0 aliphatic carbocycles. The molecule has 5 nitrogen and oxygen atoms in total. The largest absolute Gasteiger partial charge is 0.435 e. The molecule has 0 spiro atoms. The fraction of sp³-hybridized carbons (Fsp3) is 0.333. The second kappa shape index (κ2) is 9.70. The van der Waals surface area contributed by atoms with Crippen LogP contribution in [0.15, 0.2) is 36.5 Å². The Bertz CT molecular complexity index is 808. The monoisotopic (exact) mass is 419 g/mol. The van der Waals surface area contributed by atoms with E-state index in [1.807, 2.05) is 0 Å². The van der Waals surface area contributed by atoms with Gasteiger partial charge in [-0.15, -0.1) is 12.4 Å². The number of hydrogen-bond acceptors (Lipinski definition) is 4. The maximum atomic E-state index is 14.1. The molecule has 1 saturated heterocycles. The van der Waals surface area contributed by atoms with Crippen molar-refractivity contribution < 1.29 is 27.1 Å². The smallest absolute Gasteiger partial charge is 0.387 e. The molecular weight excluding hydrogens is 402 g/mol. The molecule has 3 rings (SSSR count). The summed E-state index contributed by atoms with van der Waals surface area (Å²) in [6.45, 7) is -2.75. The summed E-state index contributed by atoms with van der Waals surface area (Å²) in [5.74, 6) is -0.979. The number of carbonyl (C=O) groups excluding carboxylic acids is 1. The number of carbonyl (C=O) groups is 1. The number of hydrogen-bond donors (Lipinski definition) is 2. The highest BCUT2D eigenvalue weighted by molar-refractivity contribution is 5.85. The summed E-state index contributed by atoms with van der Waals surface area (Å²) in [7, 11) is 0. The van der Waals surface area contributed by atoms with Gasteiger partial charge in [0.25, 0.3) is 0 Å². The SMILES string of the molecule is Cl.O=C(NCc1cc(-c2ccc(OC(F)F)cc2)c(F)cn1)[C@@H]1C[C@@H](F)CN1. The Kier molecular flexibility index (Phi) is 7.59. The number of pyridine rings is 1. The molecule has 1 aromatic heterocycles. The quantitative estimate of drug-likeness (QED) is 0.706. The molecule has 0 saturated carbocycles. The average Bonchev–Trinajstić information content (AvgIpc) is 3.07. The number of amides is 1. The number of nitrogens with zero attached hydrogens (tertiary/aromatic N) is 1. The van der Waals surface area contributed by atoms with E-state index in [2.05, 4.69) is 20.4 Å².